The average Bonchev–Trinajstić information content (AvgIpc) is 3.78. The molecular formula is C37H36N6O5S. The van der Waals surface area contributed by atoms with Gasteiger partial charge in [0.05, 0.1) is 44.0 Å². The summed E-state index contributed by atoms with van der Waals surface area (Å²) in [6, 6.07) is 32.2. The van der Waals surface area contributed by atoms with Crippen LogP contribution in [0.1, 0.15) is 35.0 Å². The highest BCUT2D eigenvalue weighted by atomic mass is 32.2. The van der Waals surface area contributed by atoms with Gasteiger partial charge in [-0.25, -0.2) is 5.01 Å². The van der Waals surface area contributed by atoms with E-state index in [9.17, 15) is 9.59 Å². The largest absolute Gasteiger partial charge is 0.497 e. The van der Waals surface area contributed by atoms with Crippen molar-refractivity contribution in [3.8, 4) is 22.9 Å². The molecule has 0 radical (unpaired) electrons. The van der Waals surface area contributed by atoms with E-state index in [0.29, 0.717) is 34.6 Å². The summed E-state index contributed by atoms with van der Waals surface area (Å²) in [5.41, 5.74) is 4.56. The topological polar surface area (TPSA) is 120 Å². The molecule has 1 N–H and O–H groups in total. The molecule has 0 saturated heterocycles. The van der Waals surface area contributed by atoms with Gasteiger partial charge in [0.1, 0.15) is 17.2 Å². The van der Waals surface area contributed by atoms with Crippen molar-refractivity contribution in [2.75, 3.05) is 26.6 Å². The van der Waals surface area contributed by atoms with Gasteiger partial charge < -0.3 is 19.5 Å². The molecule has 49 heavy (non-hydrogen) atoms. The van der Waals surface area contributed by atoms with E-state index in [1.165, 1.54) is 11.8 Å². The highest BCUT2D eigenvalue weighted by molar-refractivity contribution is 7.99. The lowest BCUT2D eigenvalue weighted by Crippen LogP contribution is -2.29. The number of hydrogen-bond donors (Lipinski definition) is 1. The van der Waals surface area contributed by atoms with Crippen molar-refractivity contribution in [3.63, 3.8) is 0 Å². The van der Waals surface area contributed by atoms with Gasteiger partial charge in [0.25, 0.3) is 11.8 Å². The number of hydrazone groups is 1. The Morgan fingerprint density at radius 2 is 1.59 bits per heavy atom. The summed E-state index contributed by atoms with van der Waals surface area (Å²) in [5.74, 6) is 1.95. The van der Waals surface area contributed by atoms with Gasteiger partial charge in [-0.1, -0.05) is 71.9 Å². The van der Waals surface area contributed by atoms with E-state index in [0.717, 1.165) is 28.2 Å². The molecule has 1 aliphatic rings. The molecule has 0 bridgehead atoms. The highest BCUT2D eigenvalue weighted by Crippen LogP contribution is 2.35. The van der Waals surface area contributed by atoms with Gasteiger partial charge in [0.15, 0.2) is 17.6 Å². The van der Waals surface area contributed by atoms with Crippen LogP contribution in [-0.4, -0.2) is 63.9 Å². The molecule has 0 aliphatic carbocycles. The number of ether oxygens (including phenoxy) is 3. The third kappa shape index (κ3) is 7.92. The fraction of sp³-hybridized carbons (Fsp3) is 0.216. The maximum absolute atomic E-state index is 14.0. The number of thioether (sulfide) groups is 1. The zero-order valence-electron chi connectivity index (χ0n) is 27.4. The molecule has 1 atom stereocenters. The fourth-order valence-electron chi connectivity index (χ4n) is 5.40. The molecule has 0 fully saturated rings. The number of aromatic nitrogens is 3. The predicted octanol–water partition coefficient (Wildman–Crippen LogP) is 5.76. The second-order valence-corrected chi connectivity index (χ2v) is 12.2. The average molecular weight is 677 g/mol. The Morgan fingerprint density at radius 1 is 0.857 bits per heavy atom. The van der Waals surface area contributed by atoms with Gasteiger partial charge in [-0.2, -0.15) is 5.10 Å². The summed E-state index contributed by atoms with van der Waals surface area (Å²) in [6.45, 7) is 1.96. The monoisotopic (exact) mass is 676 g/mol. The quantitative estimate of drug-likeness (QED) is 0.157. The van der Waals surface area contributed by atoms with Crippen molar-refractivity contribution in [2.45, 2.75) is 31.1 Å². The molecule has 0 unspecified atom stereocenters. The molecule has 6 rings (SSSR count). The molecule has 5 aromatic rings. The molecule has 2 amide bonds. The van der Waals surface area contributed by atoms with Crippen LogP contribution in [0.15, 0.2) is 113 Å². The normalized spacial score (nSPS) is 13.9. The van der Waals surface area contributed by atoms with Crippen LogP contribution in [0.4, 0.5) is 0 Å². The standard InChI is InChI=1S/C37H36N6O5S/c1-25-13-15-27(16-14-25)32-21-30(26-17-19-28(46-2)20-18-26)41-43(32)36(45)24-49-37-40-39-34(42(37)31-11-7-8-12-33(31)47-3)22-38-35(44)23-48-29-9-5-4-6-10-29/h4-20,32H,21-24H2,1-3H3,(H,38,44)/t32-/m1/s1. The maximum Gasteiger partial charge on any atom is 0.258 e. The Kier molecular flexibility index (Phi) is 10.5. The van der Waals surface area contributed by atoms with Gasteiger partial charge >= 0.3 is 0 Å². The van der Waals surface area contributed by atoms with Crippen molar-refractivity contribution in [2.24, 2.45) is 5.10 Å². The summed E-state index contributed by atoms with van der Waals surface area (Å²) >= 11 is 1.24. The van der Waals surface area contributed by atoms with Crippen LogP contribution in [0.5, 0.6) is 17.2 Å². The first-order valence-electron chi connectivity index (χ1n) is 15.7. The third-order valence-electron chi connectivity index (χ3n) is 7.96. The maximum atomic E-state index is 14.0. The summed E-state index contributed by atoms with van der Waals surface area (Å²) in [4.78, 5) is 26.6. The number of aryl methyl sites for hydroxylation is 1. The first kappa shape index (κ1) is 33.3. The van der Waals surface area contributed by atoms with E-state index in [1.807, 2.05) is 97.9 Å². The van der Waals surface area contributed by atoms with Crippen LogP contribution >= 0.6 is 11.8 Å². The van der Waals surface area contributed by atoms with E-state index >= 15 is 0 Å². The van der Waals surface area contributed by atoms with Crippen LogP contribution in [-0.2, 0) is 16.1 Å². The van der Waals surface area contributed by atoms with Gasteiger partial charge in [0.2, 0.25) is 0 Å². The number of nitrogens with one attached hydrogen (secondary N) is 1. The molecule has 0 saturated carbocycles. The molecule has 1 aromatic heterocycles. The van der Waals surface area contributed by atoms with E-state index in [1.54, 1.807) is 35.9 Å². The molecule has 2 heterocycles. The molecule has 1 aliphatic heterocycles. The highest BCUT2D eigenvalue weighted by Gasteiger charge is 2.33. The van der Waals surface area contributed by atoms with Crippen molar-refractivity contribution in [1.29, 1.82) is 0 Å². The number of amides is 2. The van der Waals surface area contributed by atoms with Gasteiger partial charge in [0, 0.05) is 6.42 Å². The number of nitrogens with zero attached hydrogens (tertiary/aromatic N) is 5. The SMILES string of the molecule is COc1ccc(C2=NN(C(=O)CSc3nnc(CNC(=O)COc4ccccc4)n3-c3ccccc3OC)[C@@H](c3ccc(C)cc3)C2)cc1. The summed E-state index contributed by atoms with van der Waals surface area (Å²) in [7, 11) is 3.21. The zero-order chi connectivity index (χ0) is 34.2. The first-order valence-corrected chi connectivity index (χ1v) is 16.7. The van der Waals surface area contributed by atoms with E-state index < -0.39 is 0 Å². The van der Waals surface area contributed by atoms with Crippen molar-refractivity contribution < 1.29 is 23.8 Å². The minimum absolute atomic E-state index is 0.0479. The number of carbonyl (C=O) groups is 2. The number of rotatable bonds is 13. The van der Waals surface area contributed by atoms with Crippen molar-refractivity contribution in [3.05, 3.63) is 126 Å². The molecule has 12 heteroatoms. The smallest absolute Gasteiger partial charge is 0.258 e. The van der Waals surface area contributed by atoms with Gasteiger partial charge in [-0.3, -0.25) is 14.2 Å². The molecule has 0 spiro atoms. The summed E-state index contributed by atoms with van der Waals surface area (Å²) in [5, 5.41) is 18.5. The lowest BCUT2D eigenvalue weighted by atomic mass is 9.97. The second-order valence-electron chi connectivity index (χ2n) is 11.2. The number of benzene rings is 4. The van der Waals surface area contributed by atoms with Crippen LogP contribution in [0, 0.1) is 6.92 Å². The van der Waals surface area contributed by atoms with Gasteiger partial charge in [-0.05, 0) is 66.6 Å². The minimum atomic E-state index is -0.315. The lowest BCUT2D eigenvalue weighted by molar-refractivity contribution is -0.130. The van der Waals surface area contributed by atoms with Crippen LogP contribution in [0.25, 0.3) is 5.69 Å². The Labute approximate surface area is 288 Å². The Balaban J connectivity index is 1.22. The minimum Gasteiger partial charge on any atom is -0.497 e. The molecule has 11 nitrogen and oxygen atoms in total. The van der Waals surface area contributed by atoms with Crippen LogP contribution in [0.3, 0.4) is 0 Å². The third-order valence-corrected chi connectivity index (χ3v) is 8.87. The number of carbonyl (C=O) groups excluding carboxylic acids is 2. The van der Waals surface area contributed by atoms with E-state index in [4.69, 9.17) is 19.3 Å². The fourth-order valence-corrected chi connectivity index (χ4v) is 6.21. The Bertz CT molecular complexity index is 1930. The van der Waals surface area contributed by atoms with Crippen molar-refractivity contribution >= 4 is 29.3 Å². The lowest BCUT2D eigenvalue weighted by Gasteiger charge is -2.22. The van der Waals surface area contributed by atoms with Crippen LogP contribution in [0.2, 0.25) is 0 Å². The Morgan fingerprint density at radius 3 is 2.33 bits per heavy atom. The van der Waals surface area contributed by atoms with Crippen molar-refractivity contribution in [1.82, 2.24) is 25.1 Å². The van der Waals surface area contributed by atoms with Gasteiger partial charge in [-0.15, -0.1) is 10.2 Å². The summed E-state index contributed by atoms with van der Waals surface area (Å²) in [6.07, 6.45) is 0.570. The number of methoxy groups -OCH3 is 2. The number of hydrogen-bond acceptors (Lipinski definition) is 9. The Hall–Kier alpha value is -5.62. The van der Waals surface area contributed by atoms with Crippen LogP contribution < -0.4 is 19.5 Å². The van der Waals surface area contributed by atoms with E-state index in [-0.39, 0.29) is 36.8 Å². The summed E-state index contributed by atoms with van der Waals surface area (Å²) < 4.78 is 18.3. The zero-order valence-corrected chi connectivity index (χ0v) is 28.2. The molecular weight excluding hydrogens is 641 g/mol. The molecule has 250 valence electrons. The second kappa shape index (κ2) is 15.5. The first-order chi connectivity index (χ1) is 23.9. The molecule has 4 aromatic carbocycles. The number of para-hydroxylation sites is 3. The van der Waals surface area contributed by atoms with E-state index in [2.05, 4.69) is 15.5 Å². The predicted molar refractivity (Wildman–Crippen MR) is 187 cm³/mol.